The molecule has 9 heteroatoms. The van der Waals surface area contributed by atoms with E-state index < -0.39 is 0 Å². The average molecular weight is 393 g/mol. The van der Waals surface area contributed by atoms with Crippen LogP contribution in [0.25, 0.3) is 20.7 Å². The highest BCUT2D eigenvalue weighted by atomic mass is 32.1. The molecule has 0 saturated carbocycles. The normalized spacial score (nSPS) is 11.1. The van der Waals surface area contributed by atoms with Crippen LogP contribution in [0.15, 0.2) is 34.0 Å². The zero-order valence-corrected chi connectivity index (χ0v) is 16.0. The zero-order valence-electron chi connectivity index (χ0n) is 14.4. The SMILES string of the molecule is COCCNCCNC(=O)Cn1cnc2scc(-c3cccs3)c2c1=O. The first-order chi connectivity index (χ1) is 12.7. The van der Waals surface area contributed by atoms with Gasteiger partial charge in [-0.1, -0.05) is 6.07 Å². The van der Waals surface area contributed by atoms with Crippen molar-refractivity contribution in [1.82, 2.24) is 20.2 Å². The van der Waals surface area contributed by atoms with E-state index in [9.17, 15) is 9.59 Å². The fraction of sp³-hybridized carbons (Fsp3) is 0.353. The number of nitrogens with one attached hydrogen (secondary N) is 2. The Morgan fingerprint density at radius 3 is 2.96 bits per heavy atom. The standard InChI is InChI=1S/C17H20N4O3S2/c1-24-7-6-18-4-5-19-14(22)9-21-11-20-16-15(17(21)23)12(10-26-16)13-3-2-8-25-13/h2-3,8,10-11,18H,4-7,9H2,1H3,(H,19,22). The van der Waals surface area contributed by atoms with Crippen molar-refractivity contribution in [3.63, 3.8) is 0 Å². The molecule has 26 heavy (non-hydrogen) atoms. The highest BCUT2D eigenvalue weighted by Crippen LogP contribution is 2.33. The van der Waals surface area contributed by atoms with E-state index in [-0.39, 0.29) is 18.0 Å². The molecule has 0 aliphatic heterocycles. The summed E-state index contributed by atoms with van der Waals surface area (Å²) in [5.74, 6) is -0.213. The number of carbonyl (C=O) groups excluding carboxylic acids is 1. The van der Waals surface area contributed by atoms with Crippen LogP contribution >= 0.6 is 22.7 Å². The van der Waals surface area contributed by atoms with Crippen LogP contribution in [0.3, 0.4) is 0 Å². The highest BCUT2D eigenvalue weighted by molar-refractivity contribution is 7.18. The van der Waals surface area contributed by atoms with Gasteiger partial charge in [-0.25, -0.2) is 4.98 Å². The predicted octanol–water partition coefficient (Wildman–Crippen LogP) is 1.54. The Balaban J connectivity index is 1.67. The van der Waals surface area contributed by atoms with Crippen LogP contribution in [0, 0.1) is 0 Å². The van der Waals surface area contributed by atoms with Crippen LogP contribution in [0.1, 0.15) is 0 Å². The van der Waals surface area contributed by atoms with Gasteiger partial charge in [0.1, 0.15) is 11.4 Å². The van der Waals surface area contributed by atoms with Gasteiger partial charge in [0, 0.05) is 42.6 Å². The Kier molecular flexibility index (Phi) is 6.51. The minimum atomic E-state index is -0.213. The molecular weight excluding hydrogens is 372 g/mol. The van der Waals surface area contributed by atoms with Crippen molar-refractivity contribution in [2.24, 2.45) is 0 Å². The zero-order chi connectivity index (χ0) is 18.4. The second kappa shape index (κ2) is 9.04. The van der Waals surface area contributed by atoms with Gasteiger partial charge in [0.25, 0.3) is 5.56 Å². The van der Waals surface area contributed by atoms with Crippen molar-refractivity contribution in [2.45, 2.75) is 6.54 Å². The molecule has 0 fully saturated rings. The molecule has 7 nitrogen and oxygen atoms in total. The molecule has 0 saturated heterocycles. The Labute approximate surface area is 158 Å². The van der Waals surface area contributed by atoms with E-state index in [1.807, 2.05) is 22.9 Å². The number of aromatic nitrogens is 2. The lowest BCUT2D eigenvalue weighted by atomic mass is 10.2. The van der Waals surface area contributed by atoms with Crippen molar-refractivity contribution >= 4 is 38.8 Å². The Bertz CT molecular complexity index is 918. The van der Waals surface area contributed by atoms with Crippen molar-refractivity contribution < 1.29 is 9.53 Å². The molecular formula is C17H20N4O3S2. The Hall–Kier alpha value is -2.07. The van der Waals surface area contributed by atoms with Gasteiger partial charge in [-0.3, -0.25) is 14.2 Å². The van der Waals surface area contributed by atoms with Crippen molar-refractivity contribution in [1.29, 1.82) is 0 Å². The summed E-state index contributed by atoms with van der Waals surface area (Å²) in [5, 5.41) is 10.4. The lowest BCUT2D eigenvalue weighted by Crippen LogP contribution is -2.36. The second-order valence-corrected chi connectivity index (χ2v) is 7.38. The molecule has 138 valence electrons. The first-order valence-electron chi connectivity index (χ1n) is 8.17. The molecule has 1 amide bonds. The summed E-state index contributed by atoms with van der Waals surface area (Å²) in [7, 11) is 1.64. The molecule has 0 aliphatic carbocycles. The number of rotatable bonds is 9. The topological polar surface area (TPSA) is 85.2 Å². The Morgan fingerprint density at radius 1 is 1.31 bits per heavy atom. The van der Waals surface area contributed by atoms with Gasteiger partial charge in [0.05, 0.1) is 18.3 Å². The smallest absolute Gasteiger partial charge is 0.263 e. The minimum Gasteiger partial charge on any atom is -0.383 e. The van der Waals surface area contributed by atoms with Crippen LogP contribution in [-0.2, 0) is 16.1 Å². The van der Waals surface area contributed by atoms with E-state index in [0.29, 0.717) is 29.9 Å². The van der Waals surface area contributed by atoms with E-state index in [1.54, 1.807) is 18.4 Å². The van der Waals surface area contributed by atoms with E-state index in [0.717, 1.165) is 17.0 Å². The summed E-state index contributed by atoms with van der Waals surface area (Å²) in [5.41, 5.74) is 0.697. The molecule has 0 aliphatic rings. The van der Waals surface area contributed by atoms with E-state index in [2.05, 4.69) is 15.6 Å². The number of nitrogens with zero attached hydrogens (tertiary/aromatic N) is 2. The molecule has 0 unspecified atom stereocenters. The number of hydrogen-bond acceptors (Lipinski definition) is 7. The largest absolute Gasteiger partial charge is 0.383 e. The number of amides is 1. The third-order valence-electron chi connectivity index (χ3n) is 3.77. The lowest BCUT2D eigenvalue weighted by molar-refractivity contribution is -0.121. The lowest BCUT2D eigenvalue weighted by Gasteiger charge is -2.08. The number of fused-ring (bicyclic) bond motifs is 1. The molecule has 2 N–H and O–H groups in total. The summed E-state index contributed by atoms with van der Waals surface area (Å²) in [6.45, 7) is 2.46. The first kappa shape index (κ1) is 18.7. The number of thiophene rings is 2. The van der Waals surface area contributed by atoms with Crippen molar-refractivity contribution in [3.05, 3.63) is 39.6 Å². The summed E-state index contributed by atoms with van der Waals surface area (Å²) in [4.78, 5) is 31.0. The molecule has 3 aromatic heterocycles. The van der Waals surface area contributed by atoms with E-state index in [1.165, 1.54) is 22.2 Å². The van der Waals surface area contributed by atoms with Crippen LogP contribution in [0.4, 0.5) is 0 Å². The number of hydrogen-bond donors (Lipinski definition) is 2. The number of methoxy groups -OCH3 is 1. The fourth-order valence-electron chi connectivity index (χ4n) is 2.49. The maximum atomic E-state index is 12.8. The maximum absolute atomic E-state index is 12.8. The third kappa shape index (κ3) is 4.36. The molecule has 0 bridgehead atoms. The summed E-state index contributed by atoms with van der Waals surface area (Å²) >= 11 is 3.02. The van der Waals surface area contributed by atoms with Crippen molar-refractivity contribution in [3.8, 4) is 10.4 Å². The summed E-state index contributed by atoms with van der Waals surface area (Å²) < 4.78 is 6.29. The summed E-state index contributed by atoms with van der Waals surface area (Å²) in [6.07, 6.45) is 1.44. The number of carbonyl (C=O) groups is 1. The van der Waals surface area contributed by atoms with Crippen LogP contribution in [-0.4, -0.2) is 48.8 Å². The van der Waals surface area contributed by atoms with Gasteiger partial charge in [0.2, 0.25) is 5.91 Å². The molecule has 0 atom stereocenters. The van der Waals surface area contributed by atoms with Crippen LogP contribution < -0.4 is 16.2 Å². The predicted molar refractivity (Wildman–Crippen MR) is 105 cm³/mol. The first-order valence-corrected chi connectivity index (χ1v) is 9.93. The van der Waals surface area contributed by atoms with Gasteiger partial charge in [-0.05, 0) is 11.4 Å². The third-order valence-corrected chi connectivity index (χ3v) is 5.56. The molecule has 0 spiro atoms. The maximum Gasteiger partial charge on any atom is 0.263 e. The molecule has 0 radical (unpaired) electrons. The molecule has 0 aromatic carbocycles. The van der Waals surface area contributed by atoms with E-state index in [4.69, 9.17) is 4.74 Å². The van der Waals surface area contributed by atoms with Crippen molar-refractivity contribution in [2.75, 3.05) is 33.4 Å². The van der Waals surface area contributed by atoms with Crippen LogP contribution in [0.5, 0.6) is 0 Å². The monoisotopic (exact) mass is 392 g/mol. The second-order valence-electron chi connectivity index (χ2n) is 5.58. The minimum absolute atomic E-state index is 0.0421. The van der Waals surface area contributed by atoms with Gasteiger partial charge < -0.3 is 15.4 Å². The van der Waals surface area contributed by atoms with Gasteiger partial charge in [0.15, 0.2) is 0 Å². The quantitative estimate of drug-likeness (QED) is 0.540. The summed E-state index contributed by atoms with van der Waals surface area (Å²) in [6, 6.07) is 3.93. The van der Waals surface area contributed by atoms with E-state index >= 15 is 0 Å². The molecule has 3 aromatic rings. The van der Waals surface area contributed by atoms with Gasteiger partial charge >= 0.3 is 0 Å². The molecule has 3 heterocycles. The number of ether oxygens (including phenoxy) is 1. The van der Waals surface area contributed by atoms with Gasteiger partial charge in [-0.2, -0.15) is 0 Å². The van der Waals surface area contributed by atoms with Gasteiger partial charge in [-0.15, -0.1) is 22.7 Å². The average Bonchev–Trinajstić information content (AvgIpc) is 3.29. The highest BCUT2D eigenvalue weighted by Gasteiger charge is 2.15. The Morgan fingerprint density at radius 2 is 2.19 bits per heavy atom. The molecule has 3 rings (SSSR count). The fourth-order valence-corrected chi connectivity index (χ4v) is 4.21. The van der Waals surface area contributed by atoms with Crippen LogP contribution in [0.2, 0.25) is 0 Å².